The van der Waals surface area contributed by atoms with Crippen molar-refractivity contribution in [2.45, 2.75) is 18.2 Å². The Labute approximate surface area is 177 Å². The predicted octanol–water partition coefficient (Wildman–Crippen LogP) is 5.61. The van der Waals surface area contributed by atoms with E-state index in [4.69, 9.17) is 4.74 Å². The highest BCUT2D eigenvalue weighted by Gasteiger charge is 2.41. The monoisotopic (exact) mass is 421 g/mol. The average Bonchev–Trinajstić information content (AvgIpc) is 3.35. The largest absolute Gasteiger partial charge is 0.491 e. The van der Waals surface area contributed by atoms with Gasteiger partial charge >= 0.3 is 0 Å². The Morgan fingerprint density at radius 3 is 2.41 bits per heavy atom. The van der Waals surface area contributed by atoms with E-state index >= 15 is 0 Å². The number of thiophene rings is 1. The van der Waals surface area contributed by atoms with Gasteiger partial charge in [-0.3, -0.25) is 9.59 Å². The molecule has 1 aromatic heterocycles. The lowest BCUT2D eigenvalue weighted by Gasteiger charge is -2.19. The third-order valence-corrected chi connectivity index (χ3v) is 6.32. The Kier molecular flexibility index (Phi) is 5.83. The number of carbonyl (C=O) groups excluding carboxylic acids is 2. The first-order chi connectivity index (χ1) is 14.2. The molecule has 6 heteroatoms. The van der Waals surface area contributed by atoms with Crippen LogP contribution in [0.5, 0.6) is 5.75 Å². The van der Waals surface area contributed by atoms with Crippen LogP contribution >= 0.6 is 23.1 Å². The molecule has 0 unspecified atom stereocenters. The van der Waals surface area contributed by atoms with Crippen molar-refractivity contribution < 1.29 is 14.3 Å². The fourth-order valence-corrected chi connectivity index (χ4v) is 4.88. The molecule has 0 N–H and O–H groups in total. The lowest BCUT2D eigenvalue weighted by Crippen LogP contribution is -2.31. The number of hydrogen-bond donors (Lipinski definition) is 0. The fourth-order valence-electron chi connectivity index (χ4n) is 3.04. The van der Waals surface area contributed by atoms with Crippen LogP contribution in [0.2, 0.25) is 0 Å². The maximum atomic E-state index is 13.4. The molecule has 2 amide bonds. The summed E-state index contributed by atoms with van der Waals surface area (Å²) in [5.41, 5.74) is 0.929. The van der Waals surface area contributed by atoms with E-state index in [-0.39, 0.29) is 11.8 Å². The minimum atomic E-state index is -0.320. The molecule has 146 valence electrons. The van der Waals surface area contributed by atoms with Crippen LogP contribution in [-0.2, 0) is 9.59 Å². The first-order valence-electron chi connectivity index (χ1n) is 9.32. The molecule has 3 aromatic rings. The van der Waals surface area contributed by atoms with Gasteiger partial charge in [-0.15, -0.1) is 11.3 Å². The Bertz CT molecular complexity index is 1060. The molecule has 0 spiro atoms. The molecule has 2 aromatic carbocycles. The Morgan fingerprint density at radius 1 is 0.931 bits per heavy atom. The van der Waals surface area contributed by atoms with Crippen LogP contribution in [0.3, 0.4) is 0 Å². The number of para-hydroxylation sites is 2. The Morgan fingerprint density at radius 2 is 1.69 bits per heavy atom. The maximum Gasteiger partial charge on any atom is 0.273 e. The smallest absolute Gasteiger partial charge is 0.273 e. The zero-order valence-corrected chi connectivity index (χ0v) is 17.5. The number of carbonyl (C=O) groups is 2. The van der Waals surface area contributed by atoms with Crippen LogP contribution in [0, 0.1) is 0 Å². The van der Waals surface area contributed by atoms with Gasteiger partial charge in [-0.2, -0.15) is 0 Å². The number of anilines is 1. The first-order valence-corrected chi connectivity index (χ1v) is 11.0. The van der Waals surface area contributed by atoms with Crippen molar-refractivity contribution >= 4 is 46.2 Å². The molecule has 1 aliphatic heterocycles. The third kappa shape index (κ3) is 3.86. The van der Waals surface area contributed by atoms with Crippen molar-refractivity contribution in [3.05, 3.63) is 81.9 Å². The van der Waals surface area contributed by atoms with Crippen molar-refractivity contribution in [1.29, 1.82) is 0 Å². The van der Waals surface area contributed by atoms with E-state index in [1.807, 2.05) is 66.9 Å². The van der Waals surface area contributed by atoms with Crippen LogP contribution in [0.15, 0.2) is 81.9 Å². The second-order valence-electron chi connectivity index (χ2n) is 6.36. The fraction of sp³-hybridized carbons (Fsp3) is 0.130. The molecule has 0 atom stereocenters. The van der Waals surface area contributed by atoms with E-state index in [1.165, 1.54) is 28.0 Å². The van der Waals surface area contributed by atoms with E-state index in [2.05, 4.69) is 0 Å². The van der Waals surface area contributed by atoms with Crippen molar-refractivity contribution in [3.63, 3.8) is 0 Å². The minimum Gasteiger partial charge on any atom is -0.491 e. The number of rotatable bonds is 7. The molecule has 4 nitrogen and oxygen atoms in total. The van der Waals surface area contributed by atoms with E-state index < -0.39 is 0 Å². The van der Waals surface area contributed by atoms with Gasteiger partial charge in [0, 0.05) is 9.77 Å². The second-order valence-corrected chi connectivity index (χ2v) is 8.39. The van der Waals surface area contributed by atoms with Crippen LogP contribution in [0.4, 0.5) is 5.69 Å². The van der Waals surface area contributed by atoms with E-state index in [0.717, 1.165) is 16.2 Å². The number of thioether (sulfide) groups is 1. The summed E-state index contributed by atoms with van der Waals surface area (Å²) in [6.07, 6.45) is 0.837. The molecule has 0 saturated carbocycles. The normalized spacial score (nSPS) is 14.0. The summed E-state index contributed by atoms with van der Waals surface area (Å²) in [4.78, 5) is 30.2. The summed E-state index contributed by atoms with van der Waals surface area (Å²) in [6, 6.07) is 20.6. The van der Waals surface area contributed by atoms with Gasteiger partial charge in [-0.25, -0.2) is 4.90 Å². The molecule has 0 aliphatic carbocycles. The van der Waals surface area contributed by atoms with Crippen molar-refractivity contribution in [2.75, 3.05) is 11.5 Å². The number of imide groups is 1. The quantitative estimate of drug-likeness (QED) is 0.465. The van der Waals surface area contributed by atoms with Gasteiger partial charge in [0.1, 0.15) is 5.75 Å². The zero-order valence-electron chi connectivity index (χ0n) is 15.8. The Hall–Kier alpha value is -2.83. The van der Waals surface area contributed by atoms with Crippen LogP contribution in [-0.4, -0.2) is 18.4 Å². The molecular formula is C23H19NO3S2. The van der Waals surface area contributed by atoms with Crippen LogP contribution in [0.1, 0.15) is 18.2 Å². The third-order valence-electron chi connectivity index (χ3n) is 4.34. The van der Waals surface area contributed by atoms with Crippen LogP contribution in [0.25, 0.3) is 5.57 Å². The van der Waals surface area contributed by atoms with Gasteiger partial charge in [0.15, 0.2) is 0 Å². The molecule has 29 heavy (non-hydrogen) atoms. The number of hydrogen-bond acceptors (Lipinski definition) is 5. The second kappa shape index (κ2) is 8.68. The maximum absolute atomic E-state index is 13.4. The zero-order chi connectivity index (χ0) is 20.2. The lowest BCUT2D eigenvalue weighted by atomic mass is 10.2. The van der Waals surface area contributed by atoms with E-state index in [9.17, 15) is 9.59 Å². The van der Waals surface area contributed by atoms with Gasteiger partial charge in [-0.1, -0.05) is 55.1 Å². The van der Waals surface area contributed by atoms with Crippen molar-refractivity contribution in [2.24, 2.45) is 0 Å². The highest BCUT2D eigenvalue weighted by atomic mass is 32.2. The average molecular weight is 422 g/mol. The molecule has 0 saturated heterocycles. The van der Waals surface area contributed by atoms with Gasteiger partial charge in [0.05, 0.1) is 22.8 Å². The summed E-state index contributed by atoms with van der Waals surface area (Å²) in [5, 5.41) is 1.91. The highest BCUT2D eigenvalue weighted by Crippen LogP contribution is 2.44. The summed E-state index contributed by atoms with van der Waals surface area (Å²) < 4.78 is 5.81. The molecule has 0 radical (unpaired) electrons. The number of amides is 2. The SMILES string of the molecule is CCCOc1ccccc1N1C(=O)C(Sc2ccccc2)=C(c2cccs2)C1=O. The lowest BCUT2D eigenvalue weighted by molar-refractivity contribution is -0.119. The Balaban J connectivity index is 1.77. The summed E-state index contributed by atoms with van der Waals surface area (Å²) in [5.74, 6) is -0.101. The van der Waals surface area contributed by atoms with Crippen LogP contribution < -0.4 is 9.64 Å². The predicted molar refractivity (Wildman–Crippen MR) is 118 cm³/mol. The number of benzene rings is 2. The van der Waals surface area contributed by atoms with Crippen molar-refractivity contribution in [1.82, 2.24) is 0 Å². The molecule has 2 heterocycles. The molecule has 4 rings (SSSR count). The summed E-state index contributed by atoms with van der Waals surface area (Å²) in [7, 11) is 0. The number of nitrogens with zero attached hydrogens (tertiary/aromatic N) is 1. The standard InChI is InChI=1S/C23H19NO3S2/c1-2-14-27-18-12-7-6-11-17(18)24-22(25)20(19-13-8-15-28-19)21(23(24)26)29-16-9-4-3-5-10-16/h3-13,15H,2,14H2,1H3. The van der Waals surface area contributed by atoms with E-state index in [1.54, 1.807) is 12.1 Å². The summed E-state index contributed by atoms with van der Waals surface area (Å²) in [6.45, 7) is 2.53. The van der Waals surface area contributed by atoms with Gasteiger partial charge in [-0.05, 0) is 42.1 Å². The molecular weight excluding hydrogens is 402 g/mol. The van der Waals surface area contributed by atoms with Gasteiger partial charge < -0.3 is 4.74 Å². The molecule has 0 bridgehead atoms. The highest BCUT2D eigenvalue weighted by molar-refractivity contribution is 8.04. The van der Waals surface area contributed by atoms with Crippen molar-refractivity contribution in [3.8, 4) is 5.75 Å². The molecule has 1 aliphatic rings. The minimum absolute atomic E-state index is 0.316. The van der Waals surface area contributed by atoms with E-state index in [0.29, 0.717) is 28.5 Å². The molecule has 0 fully saturated rings. The van der Waals surface area contributed by atoms with Gasteiger partial charge in [0.2, 0.25) is 0 Å². The van der Waals surface area contributed by atoms with Gasteiger partial charge in [0.25, 0.3) is 11.8 Å². The number of ether oxygens (including phenoxy) is 1. The first kappa shape index (κ1) is 19.5. The summed E-state index contributed by atoms with van der Waals surface area (Å²) >= 11 is 2.78. The topological polar surface area (TPSA) is 46.6 Å².